The molecular weight excluding hydrogens is 449 g/mol. The summed E-state index contributed by atoms with van der Waals surface area (Å²) in [6.07, 6.45) is 1.72. The maximum absolute atomic E-state index is 14.4. The molecule has 1 unspecified atom stereocenters. The number of nitrogens with one attached hydrogen (secondary N) is 1. The number of anilines is 2. The lowest BCUT2D eigenvalue weighted by molar-refractivity contribution is 0.174. The van der Waals surface area contributed by atoms with Crippen LogP contribution in [0.15, 0.2) is 36.9 Å². The monoisotopic (exact) mass is 466 g/mol. The van der Waals surface area contributed by atoms with Crippen LogP contribution in [0.3, 0.4) is 0 Å². The van der Waals surface area contributed by atoms with Crippen LogP contribution >= 0.6 is 11.6 Å². The van der Waals surface area contributed by atoms with Gasteiger partial charge in [0, 0.05) is 11.9 Å². The Bertz CT molecular complexity index is 1160. The number of amides is 1. The number of halogens is 4. The highest BCUT2D eigenvalue weighted by Gasteiger charge is 2.40. The summed E-state index contributed by atoms with van der Waals surface area (Å²) in [6, 6.07) is 2.93. The van der Waals surface area contributed by atoms with Crippen LogP contribution in [-0.2, 0) is 4.74 Å². The number of carbonyl (C=O) groups is 1. The van der Waals surface area contributed by atoms with E-state index in [-0.39, 0.29) is 23.4 Å². The van der Waals surface area contributed by atoms with Gasteiger partial charge in [0.05, 0.1) is 29.3 Å². The molecule has 32 heavy (non-hydrogen) atoms. The van der Waals surface area contributed by atoms with E-state index in [0.29, 0.717) is 11.4 Å². The topological polar surface area (TPSA) is 85.2 Å². The third kappa shape index (κ3) is 4.20. The van der Waals surface area contributed by atoms with Crippen LogP contribution in [0.4, 0.5) is 29.7 Å². The molecule has 0 saturated carbocycles. The summed E-state index contributed by atoms with van der Waals surface area (Å²) in [5.41, 5.74) is 1.09. The molecule has 1 fully saturated rings. The van der Waals surface area contributed by atoms with Gasteiger partial charge in [-0.3, -0.25) is 0 Å². The van der Waals surface area contributed by atoms with Gasteiger partial charge in [0.2, 0.25) is 5.95 Å². The van der Waals surface area contributed by atoms with E-state index in [0.717, 1.165) is 11.1 Å². The number of hydrogen-bond donors (Lipinski definition) is 1. The zero-order chi connectivity index (χ0) is 23.0. The maximum Gasteiger partial charge on any atom is 0.416 e. The van der Waals surface area contributed by atoms with Crippen molar-refractivity contribution in [3.8, 4) is 5.69 Å². The van der Waals surface area contributed by atoms with Crippen LogP contribution in [0.5, 0.6) is 0 Å². The van der Waals surface area contributed by atoms with Gasteiger partial charge in [-0.15, -0.1) is 0 Å². The third-order valence-electron chi connectivity index (χ3n) is 4.98. The fraction of sp³-hybridized carbons (Fsp3) is 0.300. The molecule has 12 heteroatoms. The van der Waals surface area contributed by atoms with Crippen LogP contribution in [0.25, 0.3) is 5.69 Å². The molecule has 1 N–H and O–H groups in total. The van der Waals surface area contributed by atoms with Gasteiger partial charge in [-0.2, -0.15) is 4.98 Å². The number of benzene rings is 1. The summed E-state index contributed by atoms with van der Waals surface area (Å²) in [6.45, 7) is 2.81. The van der Waals surface area contributed by atoms with Gasteiger partial charge in [0.25, 0.3) is 0 Å². The van der Waals surface area contributed by atoms with Gasteiger partial charge in [0.1, 0.15) is 24.6 Å². The van der Waals surface area contributed by atoms with E-state index in [4.69, 9.17) is 16.3 Å². The van der Waals surface area contributed by atoms with Crippen LogP contribution < -0.4 is 10.2 Å². The highest BCUT2D eigenvalue weighted by atomic mass is 35.5. The lowest BCUT2D eigenvalue weighted by Crippen LogP contribution is -2.40. The summed E-state index contributed by atoms with van der Waals surface area (Å²) < 4.78 is 48.4. The molecular formula is C20H18ClF3N6O2. The molecule has 4 rings (SSSR count). The highest BCUT2D eigenvalue weighted by Crippen LogP contribution is 2.28. The molecule has 2 aromatic heterocycles. The first-order valence-corrected chi connectivity index (χ1v) is 10.0. The number of carbonyl (C=O) groups excluding carboxylic acids is 1. The van der Waals surface area contributed by atoms with Gasteiger partial charge in [-0.1, -0.05) is 11.6 Å². The van der Waals surface area contributed by atoms with Gasteiger partial charge in [0.15, 0.2) is 11.6 Å². The van der Waals surface area contributed by atoms with E-state index in [9.17, 15) is 18.0 Å². The Kier molecular flexibility index (Phi) is 5.92. The van der Waals surface area contributed by atoms with Crippen molar-refractivity contribution >= 4 is 29.5 Å². The van der Waals surface area contributed by atoms with E-state index in [1.54, 1.807) is 23.8 Å². The van der Waals surface area contributed by atoms with Crippen molar-refractivity contribution in [3.63, 3.8) is 0 Å². The second kappa shape index (κ2) is 8.65. The second-order valence-electron chi connectivity index (χ2n) is 7.23. The minimum atomic E-state index is -1.45. The van der Waals surface area contributed by atoms with E-state index in [1.807, 2.05) is 0 Å². The normalized spacial score (nSPS) is 17.9. The fourth-order valence-corrected chi connectivity index (χ4v) is 3.35. The van der Waals surface area contributed by atoms with Crippen molar-refractivity contribution in [1.82, 2.24) is 19.5 Å². The molecule has 1 amide bonds. The Morgan fingerprint density at radius 2 is 2.03 bits per heavy atom. The largest absolute Gasteiger partial charge is 0.447 e. The summed E-state index contributed by atoms with van der Waals surface area (Å²) in [4.78, 5) is 25.1. The standard InChI is InChI=1S/C20H18ClF3N6O2/c1-10(22)17-8-32-20(31)30(17)18-15(24)6-25-19(28-18)27-11(2)16-7-29(9-26-16)12-3-4-13(21)14(23)5-12/h3-7,9-11,17H,8H2,1-2H3,(H,25,27,28)/t10-,11-,17?/m0/s1. The number of alkyl halides is 1. The van der Waals surface area contributed by atoms with Gasteiger partial charge < -0.3 is 14.6 Å². The molecule has 0 radical (unpaired) electrons. The van der Waals surface area contributed by atoms with Crippen molar-refractivity contribution < 1.29 is 22.7 Å². The molecule has 3 heterocycles. The maximum atomic E-state index is 14.4. The van der Waals surface area contributed by atoms with Crippen molar-refractivity contribution in [1.29, 1.82) is 0 Å². The Morgan fingerprint density at radius 3 is 2.75 bits per heavy atom. The quantitative estimate of drug-likeness (QED) is 0.577. The average molecular weight is 467 g/mol. The summed E-state index contributed by atoms with van der Waals surface area (Å²) in [5, 5.41) is 2.97. The van der Waals surface area contributed by atoms with E-state index in [1.165, 1.54) is 25.4 Å². The van der Waals surface area contributed by atoms with Crippen molar-refractivity contribution in [2.45, 2.75) is 32.1 Å². The number of hydrogen-bond acceptors (Lipinski definition) is 6. The molecule has 168 valence electrons. The molecule has 0 spiro atoms. The highest BCUT2D eigenvalue weighted by molar-refractivity contribution is 6.30. The van der Waals surface area contributed by atoms with Gasteiger partial charge in [-0.25, -0.2) is 32.8 Å². The number of ether oxygens (including phenoxy) is 1. The predicted molar refractivity (Wildman–Crippen MR) is 111 cm³/mol. The molecule has 1 aliphatic rings. The third-order valence-corrected chi connectivity index (χ3v) is 5.29. The fourth-order valence-electron chi connectivity index (χ4n) is 3.23. The zero-order valence-electron chi connectivity index (χ0n) is 17.0. The molecule has 0 aliphatic carbocycles. The lowest BCUT2D eigenvalue weighted by atomic mass is 10.2. The molecule has 1 aromatic carbocycles. The first-order chi connectivity index (χ1) is 15.2. The first-order valence-electron chi connectivity index (χ1n) is 9.63. The average Bonchev–Trinajstić information content (AvgIpc) is 3.39. The van der Waals surface area contributed by atoms with Crippen molar-refractivity contribution in [2.75, 3.05) is 16.8 Å². The summed E-state index contributed by atoms with van der Waals surface area (Å²) >= 11 is 5.72. The zero-order valence-corrected chi connectivity index (χ0v) is 17.7. The molecule has 3 atom stereocenters. The molecule has 0 bridgehead atoms. The Morgan fingerprint density at radius 1 is 1.25 bits per heavy atom. The van der Waals surface area contributed by atoms with E-state index >= 15 is 0 Å². The van der Waals surface area contributed by atoms with Crippen molar-refractivity contribution in [3.05, 3.63) is 59.3 Å². The smallest absolute Gasteiger partial charge is 0.416 e. The summed E-state index contributed by atoms with van der Waals surface area (Å²) in [7, 11) is 0. The van der Waals surface area contributed by atoms with Gasteiger partial charge in [-0.05, 0) is 32.0 Å². The predicted octanol–water partition coefficient (Wildman–Crippen LogP) is 4.45. The molecule has 1 aliphatic heterocycles. The number of nitrogens with zero attached hydrogens (tertiary/aromatic N) is 5. The molecule has 1 saturated heterocycles. The first kappa shape index (κ1) is 21.9. The number of aromatic nitrogens is 4. The van der Waals surface area contributed by atoms with E-state index < -0.39 is 36.0 Å². The van der Waals surface area contributed by atoms with Crippen LogP contribution in [-0.4, -0.2) is 44.4 Å². The Hall–Kier alpha value is -3.34. The van der Waals surface area contributed by atoms with Gasteiger partial charge >= 0.3 is 6.09 Å². The SMILES string of the molecule is C[C@H](Nc1ncc(F)c(N2C(=O)OCC2[C@H](C)F)n1)c1cn(-c2ccc(Cl)c(F)c2)cn1. The van der Waals surface area contributed by atoms with Crippen LogP contribution in [0.2, 0.25) is 5.02 Å². The minimum Gasteiger partial charge on any atom is -0.447 e. The van der Waals surface area contributed by atoms with Crippen molar-refractivity contribution in [2.24, 2.45) is 0 Å². The molecule has 8 nitrogen and oxygen atoms in total. The number of imidazole rings is 1. The summed E-state index contributed by atoms with van der Waals surface area (Å²) in [5.74, 6) is -1.82. The second-order valence-corrected chi connectivity index (χ2v) is 7.63. The molecule has 3 aromatic rings. The number of rotatable bonds is 6. The minimum absolute atomic E-state index is 0.00551. The number of cyclic esters (lactones) is 1. The van der Waals surface area contributed by atoms with Crippen LogP contribution in [0.1, 0.15) is 25.6 Å². The Balaban J connectivity index is 1.55. The Labute approximate surface area is 186 Å². The van der Waals surface area contributed by atoms with E-state index in [2.05, 4.69) is 20.3 Å². The lowest BCUT2D eigenvalue weighted by Gasteiger charge is -2.22. The van der Waals surface area contributed by atoms with Crippen LogP contribution in [0, 0.1) is 11.6 Å².